The molecule has 0 bridgehead atoms. The number of carbonyl (C=O) groups excluding carboxylic acids is 1. The number of anilines is 2. The van der Waals surface area contributed by atoms with E-state index in [0.717, 1.165) is 41.0 Å². The average Bonchev–Trinajstić information content (AvgIpc) is 2.95. The predicted octanol–water partition coefficient (Wildman–Crippen LogP) is 5.15. The van der Waals surface area contributed by atoms with Gasteiger partial charge in [0, 0.05) is 36.2 Å². The molecule has 31 heavy (non-hydrogen) atoms. The van der Waals surface area contributed by atoms with E-state index in [1.54, 1.807) is 17.0 Å². The Morgan fingerprint density at radius 3 is 2.65 bits per heavy atom. The molecule has 166 valence electrons. The van der Waals surface area contributed by atoms with Gasteiger partial charge in [0.2, 0.25) is 0 Å². The first-order chi connectivity index (χ1) is 14.7. The number of nitrogens with zero attached hydrogens (tertiary/aromatic N) is 1. The van der Waals surface area contributed by atoms with Gasteiger partial charge >= 0.3 is 6.09 Å². The van der Waals surface area contributed by atoms with Gasteiger partial charge in [-0.1, -0.05) is 0 Å². The number of aryl methyl sites for hydroxylation is 1. The third kappa shape index (κ3) is 6.04. The maximum Gasteiger partial charge on any atom is 0.410 e. The van der Waals surface area contributed by atoms with Gasteiger partial charge in [0.15, 0.2) is 0 Å². The van der Waals surface area contributed by atoms with Gasteiger partial charge in [-0.05, 0) is 88.2 Å². The molecule has 1 unspecified atom stereocenters. The fourth-order valence-electron chi connectivity index (χ4n) is 3.66. The number of amides is 1. The molecule has 0 radical (unpaired) electrons. The van der Waals surface area contributed by atoms with Crippen LogP contribution in [0.5, 0.6) is 0 Å². The maximum atomic E-state index is 13.2. The number of rotatable bonds is 4. The van der Waals surface area contributed by atoms with Gasteiger partial charge < -0.3 is 25.7 Å². The molecular weight excluding hydrogens is 395 g/mol. The lowest BCUT2D eigenvalue weighted by atomic mass is 9.96. The Balaban J connectivity index is 1.84. The van der Waals surface area contributed by atoms with Crippen molar-refractivity contribution in [1.82, 2.24) is 10.2 Å². The van der Waals surface area contributed by atoms with E-state index in [9.17, 15) is 9.18 Å². The Hall–Kier alpha value is -2.93. The summed E-state index contributed by atoms with van der Waals surface area (Å²) < 4.78 is 18.8. The molecule has 1 heterocycles. The van der Waals surface area contributed by atoms with Gasteiger partial charge in [-0.15, -0.1) is 0 Å². The Morgan fingerprint density at radius 1 is 1.29 bits per heavy atom. The molecule has 1 amide bonds. The van der Waals surface area contributed by atoms with E-state index in [4.69, 9.17) is 10.1 Å². The van der Waals surface area contributed by atoms with Crippen molar-refractivity contribution in [2.45, 2.75) is 45.8 Å². The van der Waals surface area contributed by atoms with E-state index in [2.05, 4.69) is 10.6 Å². The first-order valence-corrected chi connectivity index (χ1v) is 10.5. The second kappa shape index (κ2) is 9.47. The van der Waals surface area contributed by atoms with Gasteiger partial charge in [0.05, 0.1) is 6.04 Å². The van der Waals surface area contributed by atoms with E-state index in [1.807, 2.05) is 39.8 Å². The largest absolute Gasteiger partial charge is 0.444 e. The summed E-state index contributed by atoms with van der Waals surface area (Å²) in [6.45, 7) is 9.54. The highest BCUT2D eigenvalue weighted by Crippen LogP contribution is 2.29. The standard InChI is InChI=1S/C24H31FN4O2/c1-16-12-21(28-19-8-6-18(25)7-9-19)17(14-26)13-20(16)22-15-29(11-5-10-27-22)23(30)31-24(2,3)4/h6-9,12-14,22,26-28H,5,10-11,15H2,1-4H3. The Labute approximate surface area is 183 Å². The highest BCUT2D eigenvalue weighted by atomic mass is 19.1. The topological polar surface area (TPSA) is 77.5 Å². The lowest BCUT2D eigenvalue weighted by molar-refractivity contribution is 0.0247. The van der Waals surface area contributed by atoms with Crippen molar-refractivity contribution in [2.24, 2.45) is 0 Å². The molecule has 0 aliphatic carbocycles. The highest BCUT2D eigenvalue weighted by molar-refractivity contribution is 5.88. The van der Waals surface area contributed by atoms with Crippen LogP contribution in [0, 0.1) is 18.2 Å². The molecule has 0 saturated carbocycles. The van der Waals surface area contributed by atoms with Gasteiger partial charge in [-0.3, -0.25) is 0 Å². The second-order valence-corrected chi connectivity index (χ2v) is 8.86. The first-order valence-electron chi connectivity index (χ1n) is 10.5. The van der Waals surface area contributed by atoms with Crippen molar-refractivity contribution in [3.05, 3.63) is 58.9 Å². The van der Waals surface area contributed by atoms with Crippen LogP contribution in [0.2, 0.25) is 0 Å². The molecule has 1 aliphatic rings. The summed E-state index contributed by atoms with van der Waals surface area (Å²) in [6.07, 6.45) is 1.84. The molecular formula is C24H31FN4O2. The Bertz CT molecular complexity index is 938. The number of nitrogens with one attached hydrogen (secondary N) is 3. The number of benzene rings is 2. The lowest BCUT2D eigenvalue weighted by Gasteiger charge is -2.29. The quantitative estimate of drug-likeness (QED) is 0.591. The smallest absolute Gasteiger partial charge is 0.410 e. The van der Waals surface area contributed by atoms with Crippen LogP contribution < -0.4 is 10.6 Å². The van der Waals surface area contributed by atoms with Crippen LogP contribution in [0.4, 0.5) is 20.6 Å². The monoisotopic (exact) mass is 426 g/mol. The minimum atomic E-state index is -0.538. The van der Waals surface area contributed by atoms with Crippen LogP contribution in [0.1, 0.15) is 49.9 Å². The summed E-state index contributed by atoms with van der Waals surface area (Å²) in [5.74, 6) is -0.293. The summed E-state index contributed by atoms with van der Waals surface area (Å²) in [5, 5.41) is 14.7. The van der Waals surface area contributed by atoms with Crippen molar-refractivity contribution in [3.8, 4) is 0 Å². The van der Waals surface area contributed by atoms with Gasteiger partial charge in [-0.2, -0.15) is 0 Å². The first kappa shape index (κ1) is 22.7. The summed E-state index contributed by atoms with van der Waals surface area (Å²) in [5.41, 5.74) is 3.79. The molecule has 2 aromatic rings. The number of halogens is 1. The highest BCUT2D eigenvalue weighted by Gasteiger charge is 2.28. The van der Waals surface area contributed by atoms with E-state index in [-0.39, 0.29) is 18.0 Å². The zero-order chi connectivity index (χ0) is 22.6. The Kier molecular flexibility index (Phi) is 6.95. The van der Waals surface area contributed by atoms with Crippen LogP contribution >= 0.6 is 0 Å². The molecule has 3 N–H and O–H groups in total. The van der Waals surface area contributed by atoms with Crippen molar-refractivity contribution >= 4 is 23.7 Å². The fraction of sp³-hybridized carbons (Fsp3) is 0.417. The third-order valence-electron chi connectivity index (χ3n) is 5.14. The fourth-order valence-corrected chi connectivity index (χ4v) is 3.66. The van der Waals surface area contributed by atoms with Crippen molar-refractivity contribution < 1.29 is 13.9 Å². The second-order valence-electron chi connectivity index (χ2n) is 8.86. The molecule has 2 aromatic carbocycles. The molecule has 7 heteroatoms. The SMILES string of the molecule is Cc1cc(Nc2ccc(F)cc2)c(C=N)cc1C1CN(C(=O)OC(C)(C)C)CCCN1. The molecule has 1 fully saturated rings. The zero-order valence-electron chi connectivity index (χ0n) is 18.6. The predicted molar refractivity (Wildman–Crippen MR) is 122 cm³/mol. The third-order valence-corrected chi connectivity index (χ3v) is 5.14. The minimum absolute atomic E-state index is 0.0615. The van der Waals surface area contributed by atoms with Gasteiger partial charge in [0.1, 0.15) is 11.4 Å². The van der Waals surface area contributed by atoms with E-state index < -0.39 is 5.60 Å². The van der Waals surface area contributed by atoms with Crippen LogP contribution in [0.3, 0.4) is 0 Å². The summed E-state index contributed by atoms with van der Waals surface area (Å²) in [7, 11) is 0. The minimum Gasteiger partial charge on any atom is -0.444 e. The van der Waals surface area contributed by atoms with Crippen molar-refractivity contribution in [1.29, 1.82) is 5.41 Å². The number of hydrogen-bond donors (Lipinski definition) is 3. The zero-order valence-corrected chi connectivity index (χ0v) is 18.6. The van der Waals surface area contributed by atoms with Gasteiger partial charge in [-0.25, -0.2) is 9.18 Å². The van der Waals surface area contributed by atoms with Gasteiger partial charge in [0.25, 0.3) is 0 Å². The van der Waals surface area contributed by atoms with Crippen LogP contribution in [-0.2, 0) is 4.74 Å². The molecule has 1 atom stereocenters. The summed E-state index contributed by atoms with van der Waals surface area (Å²) >= 11 is 0. The molecule has 0 aromatic heterocycles. The summed E-state index contributed by atoms with van der Waals surface area (Å²) in [4.78, 5) is 14.4. The van der Waals surface area contributed by atoms with E-state index in [0.29, 0.717) is 13.1 Å². The normalized spacial score (nSPS) is 17.1. The number of ether oxygens (including phenoxy) is 1. The summed E-state index contributed by atoms with van der Waals surface area (Å²) in [6, 6.07) is 10.0. The van der Waals surface area contributed by atoms with Crippen LogP contribution in [0.15, 0.2) is 36.4 Å². The average molecular weight is 427 g/mol. The maximum absolute atomic E-state index is 13.2. The number of hydrogen-bond acceptors (Lipinski definition) is 5. The molecule has 1 saturated heterocycles. The molecule has 6 nitrogen and oxygen atoms in total. The lowest BCUT2D eigenvalue weighted by Crippen LogP contribution is -2.40. The molecule has 1 aliphatic heterocycles. The van der Waals surface area contributed by atoms with Crippen molar-refractivity contribution in [3.63, 3.8) is 0 Å². The van der Waals surface area contributed by atoms with Crippen LogP contribution in [-0.4, -0.2) is 42.4 Å². The Morgan fingerprint density at radius 2 is 2.00 bits per heavy atom. The number of carbonyl (C=O) groups is 1. The van der Waals surface area contributed by atoms with Crippen molar-refractivity contribution in [2.75, 3.05) is 25.0 Å². The molecule has 0 spiro atoms. The van der Waals surface area contributed by atoms with E-state index >= 15 is 0 Å². The van der Waals surface area contributed by atoms with Crippen LogP contribution in [0.25, 0.3) is 0 Å². The molecule has 3 rings (SSSR count). The van der Waals surface area contributed by atoms with E-state index in [1.165, 1.54) is 18.3 Å².